The Kier molecular flexibility index (Phi) is 51.5. The number of fused-ring (bicyclic) bond motifs is 1. The summed E-state index contributed by atoms with van der Waals surface area (Å²) in [6.45, 7) is 22.9. The number of amides is 15. The number of guanidine groups is 1. The quantitative estimate of drug-likeness (QED) is 0.0188. The van der Waals surface area contributed by atoms with Gasteiger partial charge in [-0.3, -0.25) is 76.9 Å². The Hall–Kier alpha value is -10.9. The van der Waals surface area contributed by atoms with Gasteiger partial charge in [0.25, 0.3) is 0 Å². The molecule has 39 nitrogen and oxygen atoms in total. The van der Waals surface area contributed by atoms with Crippen molar-refractivity contribution in [2.45, 2.75) is 303 Å². The Balaban J connectivity index is 1.89. The molecule has 3 rings (SSSR count). The van der Waals surface area contributed by atoms with Gasteiger partial charge in [0.15, 0.2) is 5.96 Å². The number of benzene rings is 2. The SMILES string of the molecule is CC[C@H](C)[C@H](NC(=O)CNC(=O)[C@H](CCCCN)NC(=O)[C@H](Cc1ccccc1)NC(=O)[C@H](CC(C)C)NC(=O)[C@H](CCCCN)NC(=O)[C@H](Cc1c[nH]c2ccccc12)NC(=O)[C@@H](N)CCCCN)C(=O)N[C@@H](CCCN=C(N)N)C(=O)N[C@@H](C)C(=O)N[C@H](C(=O)N[C@@H](CC(C)C)C(=O)N[C@@H](CCCCN)C(=O)N[C@H](C(=O)N[C@@H](CC(C)C)C(N)=O)C(C)C)C(C)C. The van der Waals surface area contributed by atoms with Crippen LogP contribution in [0, 0.1) is 35.5 Å². The van der Waals surface area contributed by atoms with Crippen molar-refractivity contribution in [3.63, 3.8) is 0 Å². The van der Waals surface area contributed by atoms with E-state index in [-0.39, 0.29) is 114 Å². The van der Waals surface area contributed by atoms with Crippen LogP contribution >= 0.6 is 0 Å². The molecule has 0 radical (unpaired) electrons. The number of carbonyl (C=O) groups is 15. The maximum atomic E-state index is 14.9. The summed E-state index contributed by atoms with van der Waals surface area (Å²) < 4.78 is 0. The molecule has 39 heteroatoms. The maximum Gasteiger partial charge on any atom is 0.243 e. The first-order valence-corrected chi connectivity index (χ1v) is 45.3. The lowest BCUT2D eigenvalue weighted by Crippen LogP contribution is -2.61. The minimum absolute atomic E-state index is 0.00283. The van der Waals surface area contributed by atoms with Gasteiger partial charge in [-0.25, -0.2) is 0 Å². The monoisotopic (exact) mass is 1800 g/mol. The summed E-state index contributed by atoms with van der Waals surface area (Å²) in [5.41, 5.74) is 48.6. The lowest BCUT2D eigenvalue weighted by atomic mass is 9.97. The number of unbranched alkanes of at least 4 members (excludes halogenated alkanes) is 4. The molecule has 128 heavy (non-hydrogen) atoms. The molecule has 0 aliphatic rings. The van der Waals surface area contributed by atoms with Crippen LogP contribution in [0.3, 0.4) is 0 Å². The van der Waals surface area contributed by atoms with E-state index in [1.54, 1.807) is 78.1 Å². The zero-order chi connectivity index (χ0) is 95.9. The minimum atomic E-state index is -1.41. The third-order valence-electron chi connectivity index (χ3n) is 21.8. The van der Waals surface area contributed by atoms with Gasteiger partial charge < -0.3 is 125 Å². The second-order valence-electron chi connectivity index (χ2n) is 35.1. The molecule has 31 N–H and O–H groups in total. The van der Waals surface area contributed by atoms with Gasteiger partial charge in [-0.15, -0.1) is 0 Å². The molecule has 0 fully saturated rings. The minimum Gasteiger partial charge on any atom is -0.370 e. The molecular formula is C89H152N24O15. The largest absolute Gasteiger partial charge is 0.370 e. The van der Waals surface area contributed by atoms with Crippen LogP contribution in [0.25, 0.3) is 10.9 Å². The fourth-order valence-corrected chi connectivity index (χ4v) is 14.2. The van der Waals surface area contributed by atoms with Crippen LogP contribution in [0.15, 0.2) is 65.8 Å². The van der Waals surface area contributed by atoms with Crippen molar-refractivity contribution in [2.24, 2.45) is 86.4 Å². The Morgan fingerprint density at radius 2 is 0.742 bits per heavy atom. The number of hydrogen-bond acceptors (Lipinski definition) is 21. The molecule has 0 aliphatic heterocycles. The molecule has 1 aromatic heterocycles. The molecular weight excluding hydrogens is 1650 g/mol. The highest BCUT2D eigenvalue weighted by molar-refractivity contribution is 6.01. The summed E-state index contributed by atoms with van der Waals surface area (Å²) in [5.74, 6) is -13.8. The van der Waals surface area contributed by atoms with Gasteiger partial charge in [0.2, 0.25) is 88.6 Å². The number of nitrogens with two attached hydrogens (primary N) is 8. The second-order valence-corrected chi connectivity index (χ2v) is 35.1. The number of carbonyl (C=O) groups excluding carboxylic acids is 15. The zero-order valence-electron chi connectivity index (χ0n) is 77.4. The van der Waals surface area contributed by atoms with E-state index in [0.717, 1.165) is 10.9 Å². The molecule has 0 saturated heterocycles. The van der Waals surface area contributed by atoms with E-state index in [1.807, 2.05) is 65.8 Å². The molecule has 15 amide bonds. The smallest absolute Gasteiger partial charge is 0.243 e. The summed E-state index contributed by atoms with van der Waals surface area (Å²) in [6, 6.07) is -1.38. The Bertz CT molecular complexity index is 4050. The van der Waals surface area contributed by atoms with Crippen molar-refractivity contribution >= 4 is 105 Å². The molecule has 1 heterocycles. The first-order valence-electron chi connectivity index (χ1n) is 45.3. The van der Waals surface area contributed by atoms with E-state index in [4.69, 9.17) is 45.9 Å². The van der Waals surface area contributed by atoms with Gasteiger partial charge in [0.05, 0.1) is 12.6 Å². The van der Waals surface area contributed by atoms with E-state index >= 15 is 0 Å². The maximum absolute atomic E-state index is 14.9. The first kappa shape index (κ1) is 111. The highest BCUT2D eigenvalue weighted by Crippen LogP contribution is 2.22. The predicted molar refractivity (Wildman–Crippen MR) is 492 cm³/mol. The molecule has 2 aromatic carbocycles. The second kappa shape index (κ2) is 59.3. The van der Waals surface area contributed by atoms with Crippen LogP contribution in [0.1, 0.15) is 217 Å². The normalized spacial score (nSPS) is 15.0. The molecule has 0 aliphatic carbocycles. The van der Waals surface area contributed by atoms with Crippen molar-refractivity contribution in [2.75, 3.05) is 39.3 Å². The number of para-hydroxylation sites is 1. The average molecular weight is 1800 g/mol. The van der Waals surface area contributed by atoms with E-state index in [1.165, 1.54) is 6.92 Å². The third-order valence-corrected chi connectivity index (χ3v) is 21.8. The van der Waals surface area contributed by atoms with Crippen LogP contribution in [0.2, 0.25) is 0 Å². The van der Waals surface area contributed by atoms with E-state index in [2.05, 4.69) is 84.4 Å². The van der Waals surface area contributed by atoms with Crippen molar-refractivity contribution < 1.29 is 71.9 Å². The molecule has 0 unspecified atom stereocenters. The fourth-order valence-electron chi connectivity index (χ4n) is 14.2. The number of hydrogen-bond donors (Lipinski definition) is 23. The van der Waals surface area contributed by atoms with E-state index in [9.17, 15) is 71.9 Å². The highest BCUT2D eigenvalue weighted by Gasteiger charge is 2.39. The van der Waals surface area contributed by atoms with Gasteiger partial charge in [-0.2, -0.15) is 0 Å². The van der Waals surface area contributed by atoms with Gasteiger partial charge in [-0.05, 0) is 189 Å². The summed E-state index contributed by atoms with van der Waals surface area (Å²) in [7, 11) is 0. The first-order chi connectivity index (χ1) is 60.6. The standard InChI is InChI=1S/C89H152N24O15/c1-14-55(12)74(88(128)105-65(37-28-42-98-89(96)97)79(119)101-56(13)76(116)112-72(53(8)9)87(127)110-68(45-52(6)7)82(122)104-64(36-23-27-41-93)81(121)113-73(54(10)11)86(126)106-66(75(95)115)43-50(2)3)111-71(114)49-100-78(118)62(34-21-25-39-91)102-84(124)69(46-57-29-16-15-17-30-57)109-83(123)67(44-51(4)5)108-80(120)63(35-22-26-40-92)103-85(125)70(107-77(117)60(94)32-20-24-38-90)47-58-48-99-61-33-19-18-31-59(58)61/h15-19,29-31,33,48,50-56,60,62-70,72-74,99H,14,20-28,32,34-47,49,90-94H2,1-13H3,(H2,95,115)(H,100,118)(H,101,119)(H,102,124)(H,103,125)(H,104,122)(H,105,128)(H,106,126)(H,107,117)(H,108,120)(H,109,123)(H,110,127)(H,111,114)(H,112,116)(H,113,121)(H4,96,97,98)/t55-,56-,60-,62-,63-,64-,65-,66-,67-,68-,69-,70-,72-,73-,74-/m0/s1. The molecule has 718 valence electrons. The zero-order valence-corrected chi connectivity index (χ0v) is 77.4. The Morgan fingerprint density at radius 1 is 0.367 bits per heavy atom. The van der Waals surface area contributed by atoms with Crippen LogP contribution in [-0.4, -0.2) is 223 Å². The number of nitrogens with zero attached hydrogens (tertiary/aromatic N) is 1. The number of H-pyrrole nitrogens is 1. The Labute approximate surface area is 753 Å². The number of nitrogens with one attached hydrogen (secondary N) is 15. The Morgan fingerprint density at radius 3 is 1.22 bits per heavy atom. The van der Waals surface area contributed by atoms with Crippen molar-refractivity contribution in [1.82, 2.24) is 79.4 Å². The molecule has 0 bridgehead atoms. The number of aromatic amines is 1. The lowest BCUT2D eigenvalue weighted by molar-refractivity contribution is -0.136. The van der Waals surface area contributed by atoms with Gasteiger partial charge in [-0.1, -0.05) is 144 Å². The summed E-state index contributed by atoms with van der Waals surface area (Å²) in [5, 5.41) is 39.1. The summed E-state index contributed by atoms with van der Waals surface area (Å²) in [6.07, 6.45) is 6.52. The average Bonchev–Trinajstić information content (AvgIpc) is 1.66. The number of aromatic nitrogens is 1. The molecule has 3 aromatic rings. The van der Waals surface area contributed by atoms with E-state index in [0.29, 0.717) is 81.9 Å². The fraction of sp³-hybridized carbons (Fsp3) is 0.663. The van der Waals surface area contributed by atoms with E-state index < -0.39 is 197 Å². The summed E-state index contributed by atoms with van der Waals surface area (Å²) >= 11 is 0. The molecule has 0 saturated carbocycles. The van der Waals surface area contributed by atoms with Crippen molar-refractivity contribution in [3.05, 3.63) is 71.9 Å². The predicted octanol–water partition coefficient (Wildman–Crippen LogP) is -0.730. The van der Waals surface area contributed by atoms with Crippen LogP contribution in [0.5, 0.6) is 0 Å². The van der Waals surface area contributed by atoms with Gasteiger partial charge in [0.1, 0.15) is 78.5 Å². The number of aliphatic imine (C=N–C) groups is 1. The third kappa shape index (κ3) is 41.0. The highest BCUT2D eigenvalue weighted by atomic mass is 16.2. The number of rotatable bonds is 63. The topological polar surface area (TPSA) is 661 Å². The van der Waals surface area contributed by atoms with Gasteiger partial charge >= 0.3 is 0 Å². The molecule has 0 spiro atoms. The van der Waals surface area contributed by atoms with Crippen LogP contribution in [0.4, 0.5) is 0 Å². The van der Waals surface area contributed by atoms with Crippen molar-refractivity contribution in [1.29, 1.82) is 0 Å². The lowest BCUT2D eigenvalue weighted by Gasteiger charge is -2.30. The number of primary amides is 1. The molecule has 15 atom stereocenters. The van der Waals surface area contributed by atoms with Crippen LogP contribution in [-0.2, 0) is 84.8 Å². The van der Waals surface area contributed by atoms with Gasteiger partial charge in [0, 0.05) is 36.5 Å². The van der Waals surface area contributed by atoms with Crippen molar-refractivity contribution in [3.8, 4) is 0 Å². The van der Waals surface area contributed by atoms with Crippen LogP contribution < -0.4 is 120 Å². The summed E-state index contributed by atoms with van der Waals surface area (Å²) in [4.78, 5) is 221.